The summed E-state index contributed by atoms with van der Waals surface area (Å²) in [4.78, 5) is 11.5. The van der Waals surface area contributed by atoms with Crippen LogP contribution in [-0.2, 0) is 9.53 Å². The van der Waals surface area contributed by atoms with Gasteiger partial charge in [0.2, 0.25) is 5.79 Å². The lowest BCUT2D eigenvalue weighted by atomic mass is 10.1. The smallest absolute Gasteiger partial charge is 0.336 e. The van der Waals surface area contributed by atoms with Crippen LogP contribution >= 0.6 is 0 Å². The fourth-order valence-corrected chi connectivity index (χ4v) is 3.50. The van der Waals surface area contributed by atoms with Gasteiger partial charge < -0.3 is 9.84 Å². The van der Waals surface area contributed by atoms with Crippen molar-refractivity contribution >= 4 is 5.97 Å². The zero-order chi connectivity index (χ0) is 20.5. The summed E-state index contributed by atoms with van der Waals surface area (Å²) in [5.74, 6) is -1.78. The molecule has 0 saturated carbocycles. The molecule has 1 atom stereocenters. The quantitative estimate of drug-likeness (QED) is 0.163. The van der Waals surface area contributed by atoms with Crippen LogP contribution in [0.15, 0.2) is 36.0 Å². The van der Waals surface area contributed by atoms with E-state index >= 15 is 0 Å². The number of hydrogen-bond donors (Lipinski definition) is 1. The first-order valence-electron chi connectivity index (χ1n) is 11.5. The van der Waals surface area contributed by atoms with Crippen molar-refractivity contribution in [1.82, 2.24) is 0 Å². The van der Waals surface area contributed by atoms with Gasteiger partial charge in [-0.1, -0.05) is 82.6 Å². The lowest BCUT2D eigenvalue weighted by molar-refractivity contribution is -0.172. The Morgan fingerprint density at radius 1 is 0.857 bits per heavy atom. The van der Waals surface area contributed by atoms with Gasteiger partial charge in [0.1, 0.15) is 0 Å². The molecule has 0 spiro atoms. The average molecular weight is 391 g/mol. The zero-order valence-electron chi connectivity index (χ0n) is 18.3. The Bertz CT molecular complexity index is 500. The Kier molecular flexibility index (Phi) is 13.7. The van der Waals surface area contributed by atoms with E-state index in [9.17, 15) is 9.90 Å². The minimum absolute atomic E-state index is 0.372. The molecule has 0 aromatic heterocycles. The molecule has 0 saturated heterocycles. The predicted octanol–water partition coefficient (Wildman–Crippen LogP) is 7.16. The summed E-state index contributed by atoms with van der Waals surface area (Å²) < 4.78 is 4.86. The number of aliphatic hydroxyl groups is 1. The molecular weight excluding hydrogens is 348 g/mol. The number of allylic oxidation sites excluding steroid dienone is 4. The van der Waals surface area contributed by atoms with Crippen molar-refractivity contribution in [2.45, 2.75) is 116 Å². The van der Waals surface area contributed by atoms with Crippen LogP contribution < -0.4 is 0 Å². The Morgan fingerprint density at radius 3 is 1.93 bits per heavy atom. The molecule has 3 nitrogen and oxygen atoms in total. The SMILES string of the molecule is CCCCCCCCCC/C=C\C/C=C\CCCCCC1=C[C@](C)(O)OC1=O. The van der Waals surface area contributed by atoms with Gasteiger partial charge in [-0.3, -0.25) is 0 Å². The van der Waals surface area contributed by atoms with E-state index in [1.165, 1.54) is 70.8 Å². The molecule has 3 heteroatoms. The molecule has 0 bridgehead atoms. The van der Waals surface area contributed by atoms with Gasteiger partial charge in [0, 0.05) is 12.5 Å². The summed E-state index contributed by atoms with van der Waals surface area (Å²) in [6, 6.07) is 0. The van der Waals surface area contributed by atoms with Crippen LogP contribution in [0.3, 0.4) is 0 Å². The largest absolute Gasteiger partial charge is 0.426 e. The van der Waals surface area contributed by atoms with E-state index in [0.29, 0.717) is 12.0 Å². The third-order valence-corrected chi connectivity index (χ3v) is 5.15. The molecule has 0 aliphatic carbocycles. The van der Waals surface area contributed by atoms with Gasteiger partial charge in [-0.05, 0) is 51.0 Å². The molecule has 160 valence electrons. The van der Waals surface area contributed by atoms with Gasteiger partial charge in [-0.25, -0.2) is 4.79 Å². The van der Waals surface area contributed by atoms with Crippen molar-refractivity contribution in [3.05, 3.63) is 36.0 Å². The standard InChI is InChI=1S/C25H42O3/c1-3-4-5-6-7-8-9-10-11-12-13-14-15-16-17-18-19-20-21-23-22-25(2,27)28-24(23)26/h12-13,15-16,22,27H,3-11,14,17-21H2,1-2H3/b13-12-,16-15-/t25-/m1/s1. The molecule has 1 heterocycles. The van der Waals surface area contributed by atoms with E-state index in [2.05, 4.69) is 31.2 Å². The lowest BCUT2D eigenvalue weighted by Gasteiger charge is -2.11. The van der Waals surface area contributed by atoms with E-state index in [1.54, 1.807) is 0 Å². The summed E-state index contributed by atoms with van der Waals surface area (Å²) in [5.41, 5.74) is 0.613. The van der Waals surface area contributed by atoms with Gasteiger partial charge in [-0.15, -0.1) is 0 Å². The van der Waals surface area contributed by atoms with Gasteiger partial charge >= 0.3 is 5.97 Å². The molecule has 1 rings (SSSR count). The van der Waals surface area contributed by atoms with Gasteiger partial charge in [-0.2, -0.15) is 0 Å². The number of rotatable bonds is 17. The highest BCUT2D eigenvalue weighted by Gasteiger charge is 2.32. The second-order valence-electron chi connectivity index (χ2n) is 8.16. The van der Waals surface area contributed by atoms with Gasteiger partial charge in [0.25, 0.3) is 0 Å². The van der Waals surface area contributed by atoms with Crippen LogP contribution in [0, 0.1) is 0 Å². The predicted molar refractivity (Wildman–Crippen MR) is 118 cm³/mol. The van der Waals surface area contributed by atoms with E-state index in [0.717, 1.165) is 32.1 Å². The fourth-order valence-electron chi connectivity index (χ4n) is 3.50. The molecule has 1 N–H and O–H groups in total. The van der Waals surface area contributed by atoms with Crippen molar-refractivity contribution in [2.75, 3.05) is 0 Å². The number of cyclic esters (lactones) is 1. The summed E-state index contributed by atoms with van der Waals surface area (Å²) in [7, 11) is 0. The van der Waals surface area contributed by atoms with Crippen LogP contribution in [0.1, 0.15) is 110 Å². The van der Waals surface area contributed by atoms with Gasteiger partial charge in [0.15, 0.2) is 0 Å². The molecule has 0 amide bonds. The minimum Gasteiger partial charge on any atom is -0.426 e. The van der Waals surface area contributed by atoms with Crippen LogP contribution in [0.2, 0.25) is 0 Å². The summed E-state index contributed by atoms with van der Waals surface area (Å²) >= 11 is 0. The second kappa shape index (κ2) is 15.6. The highest BCUT2D eigenvalue weighted by molar-refractivity contribution is 5.91. The molecule has 0 unspecified atom stereocenters. The van der Waals surface area contributed by atoms with Crippen molar-refractivity contribution in [1.29, 1.82) is 0 Å². The first-order valence-corrected chi connectivity index (χ1v) is 11.5. The maximum atomic E-state index is 11.5. The van der Waals surface area contributed by atoms with E-state index in [4.69, 9.17) is 4.74 Å². The first-order chi connectivity index (χ1) is 13.5. The first kappa shape index (κ1) is 24.7. The normalized spacial score (nSPS) is 19.7. The van der Waals surface area contributed by atoms with Crippen LogP contribution in [-0.4, -0.2) is 16.9 Å². The zero-order valence-corrected chi connectivity index (χ0v) is 18.3. The number of carbonyl (C=O) groups excluding carboxylic acids is 1. The second-order valence-corrected chi connectivity index (χ2v) is 8.16. The highest BCUT2D eigenvalue weighted by atomic mass is 16.7. The third-order valence-electron chi connectivity index (χ3n) is 5.15. The summed E-state index contributed by atoms with van der Waals surface area (Å²) in [6.45, 7) is 3.76. The Morgan fingerprint density at radius 2 is 1.39 bits per heavy atom. The summed E-state index contributed by atoms with van der Waals surface area (Å²) in [5, 5.41) is 9.65. The summed E-state index contributed by atoms with van der Waals surface area (Å²) in [6.07, 6.45) is 28.9. The number of hydrogen-bond acceptors (Lipinski definition) is 3. The van der Waals surface area contributed by atoms with Crippen LogP contribution in [0.4, 0.5) is 0 Å². The Labute approximate surface area is 172 Å². The van der Waals surface area contributed by atoms with Crippen molar-refractivity contribution in [3.8, 4) is 0 Å². The molecule has 0 fully saturated rings. The third kappa shape index (κ3) is 12.9. The van der Waals surface area contributed by atoms with E-state index in [1.807, 2.05) is 0 Å². The Balaban J connectivity index is 1.87. The van der Waals surface area contributed by atoms with Crippen molar-refractivity contribution < 1.29 is 14.6 Å². The van der Waals surface area contributed by atoms with Crippen molar-refractivity contribution in [3.63, 3.8) is 0 Å². The molecule has 0 aromatic carbocycles. The Hall–Kier alpha value is -1.35. The lowest BCUT2D eigenvalue weighted by Crippen LogP contribution is -2.22. The maximum absolute atomic E-state index is 11.5. The van der Waals surface area contributed by atoms with Crippen molar-refractivity contribution in [2.24, 2.45) is 0 Å². The number of esters is 1. The van der Waals surface area contributed by atoms with Crippen LogP contribution in [0.25, 0.3) is 0 Å². The molecular formula is C25H42O3. The fraction of sp³-hybridized carbons (Fsp3) is 0.720. The average Bonchev–Trinajstić information content (AvgIpc) is 2.92. The number of unbranched alkanes of at least 4 members (excludes halogenated alkanes) is 11. The minimum atomic E-state index is -1.41. The molecule has 1 aliphatic rings. The highest BCUT2D eigenvalue weighted by Crippen LogP contribution is 2.25. The number of ether oxygens (including phenoxy) is 1. The number of carbonyl (C=O) groups is 1. The molecule has 28 heavy (non-hydrogen) atoms. The topological polar surface area (TPSA) is 46.5 Å². The maximum Gasteiger partial charge on any atom is 0.336 e. The van der Waals surface area contributed by atoms with E-state index < -0.39 is 5.79 Å². The molecule has 0 radical (unpaired) electrons. The van der Waals surface area contributed by atoms with Gasteiger partial charge in [0.05, 0.1) is 0 Å². The monoisotopic (exact) mass is 390 g/mol. The van der Waals surface area contributed by atoms with Crippen LogP contribution in [0.5, 0.6) is 0 Å². The molecule has 1 aliphatic heterocycles. The van der Waals surface area contributed by atoms with E-state index in [-0.39, 0.29) is 5.97 Å². The molecule has 0 aromatic rings.